The van der Waals surface area contributed by atoms with E-state index in [1.54, 1.807) is 7.05 Å². The molecule has 0 unspecified atom stereocenters. The standard InChI is InChI=1S/C10H18N6O/c1-16-14-10(13-15-16)12-9(17)8-4-2-7(6-11)3-5-8/h7-8H,2-6,11H2,1H3,(H,12,14,17). The van der Waals surface area contributed by atoms with Gasteiger partial charge in [0, 0.05) is 5.92 Å². The van der Waals surface area contributed by atoms with E-state index in [-0.39, 0.29) is 17.8 Å². The van der Waals surface area contributed by atoms with Crippen LogP contribution in [0.25, 0.3) is 0 Å². The lowest BCUT2D eigenvalue weighted by Gasteiger charge is -2.26. The molecule has 1 aromatic heterocycles. The third kappa shape index (κ3) is 3.00. The Balaban J connectivity index is 1.85. The number of aromatic nitrogens is 4. The van der Waals surface area contributed by atoms with Gasteiger partial charge in [0.2, 0.25) is 5.91 Å². The highest BCUT2D eigenvalue weighted by Crippen LogP contribution is 2.28. The highest BCUT2D eigenvalue weighted by molar-refractivity contribution is 5.90. The molecular formula is C10H18N6O. The summed E-state index contributed by atoms with van der Waals surface area (Å²) >= 11 is 0. The Morgan fingerprint density at radius 2 is 2.18 bits per heavy atom. The van der Waals surface area contributed by atoms with Crippen molar-refractivity contribution in [2.45, 2.75) is 25.7 Å². The minimum atomic E-state index is -0.00604. The summed E-state index contributed by atoms with van der Waals surface area (Å²) in [5, 5.41) is 14.0. The summed E-state index contributed by atoms with van der Waals surface area (Å²) in [5.74, 6) is 0.905. The van der Waals surface area contributed by atoms with Crippen LogP contribution < -0.4 is 11.1 Å². The molecule has 1 fully saturated rings. The molecule has 1 amide bonds. The van der Waals surface area contributed by atoms with Gasteiger partial charge < -0.3 is 5.73 Å². The zero-order chi connectivity index (χ0) is 12.3. The second-order valence-corrected chi connectivity index (χ2v) is 4.55. The number of tetrazole rings is 1. The zero-order valence-corrected chi connectivity index (χ0v) is 9.96. The summed E-state index contributed by atoms with van der Waals surface area (Å²) < 4.78 is 0. The Morgan fingerprint density at radius 1 is 1.47 bits per heavy atom. The van der Waals surface area contributed by atoms with E-state index in [0.29, 0.717) is 5.92 Å². The van der Waals surface area contributed by atoms with Crippen molar-refractivity contribution in [2.24, 2.45) is 24.6 Å². The second kappa shape index (κ2) is 5.22. The Bertz CT molecular complexity index is 382. The molecular weight excluding hydrogens is 220 g/mol. The lowest BCUT2D eigenvalue weighted by atomic mass is 9.81. The highest BCUT2D eigenvalue weighted by Gasteiger charge is 2.26. The van der Waals surface area contributed by atoms with E-state index in [1.165, 1.54) is 4.80 Å². The molecule has 94 valence electrons. The number of carbonyl (C=O) groups excluding carboxylic acids is 1. The van der Waals surface area contributed by atoms with E-state index in [1.807, 2.05) is 0 Å². The third-order valence-electron chi connectivity index (χ3n) is 3.29. The Labute approximate surface area is 99.7 Å². The van der Waals surface area contributed by atoms with Crippen molar-refractivity contribution in [3.05, 3.63) is 0 Å². The molecule has 1 aromatic rings. The Hall–Kier alpha value is -1.50. The van der Waals surface area contributed by atoms with Gasteiger partial charge in [-0.15, -0.1) is 5.10 Å². The second-order valence-electron chi connectivity index (χ2n) is 4.55. The lowest BCUT2D eigenvalue weighted by Crippen LogP contribution is -2.29. The average Bonchev–Trinajstić information content (AvgIpc) is 2.75. The molecule has 1 saturated carbocycles. The fraction of sp³-hybridized carbons (Fsp3) is 0.800. The summed E-state index contributed by atoms with van der Waals surface area (Å²) in [4.78, 5) is 13.2. The molecule has 1 heterocycles. The number of nitrogens with two attached hydrogens (primary N) is 1. The number of aryl methyl sites for hydroxylation is 1. The van der Waals surface area contributed by atoms with Gasteiger partial charge in [-0.2, -0.15) is 4.80 Å². The number of anilines is 1. The largest absolute Gasteiger partial charge is 0.330 e. The maximum Gasteiger partial charge on any atom is 0.270 e. The molecule has 0 spiro atoms. The molecule has 17 heavy (non-hydrogen) atoms. The molecule has 0 aliphatic heterocycles. The first-order valence-corrected chi connectivity index (χ1v) is 5.94. The van der Waals surface area contributed by atoms with Gasteiger partial charge in [0.1, 0.15) is 0 Å². The molecule has 0 bridgehead atoms. The Morgan fingerprint density at radius 3 is 2.71 bits per heavy atom. The van der Waals surface area contributed by atoms with Gasteiger partial charge in [-0.05, 0) is 43.4 Å². The van der Waals surface area contributed by atoms with Crippen molar-refractivity contribution in [3.63, 3.8) is 0 Å². The zero-order valence-electron chi connectivity index (χ0n) is 9.96. The number of carbonyl (C=O) groups is 1. The molecule has 0 atom stereocenters. The van der Waals surface area contributed by atoms with E-state index in [0.717, 1.165) is 32.2 Å². The van der Waals surface area contributed by atoms with Crippen LogP contribution in [0.2, 0.25) is 0 Å². The number of nitrogens with zero attached hydrogens (tertiary/aromatic N) is 4. The third-order valence-corrected chi connectivity index (χ3v) is 3.29. The van der Waals surface area contributed by atoms with Crippen LogP contribution in [0.1, 0.15) is 25.7 Å². The van der Waals surface area contributed by atoms with Gasteiger partial charge in [0.15, 0.2) is 0 Å². The molecule has 1 aliphatic rings. The first kappa shape index (κ1) is 12.0. The molecule has 0 saturated heterocycles. The van der Waals surface area contributed by atoms with E-state index >= 15 is 0 Å². The van der Waals surface area contributed by atoms with E-state index in [9.17, 15) is 4.79 Å². The topological polar surface area (TPSA) is 98.7 Å². The van der Waals surface area contributed by atoms with Crippen molar-refractivity contribution in [1.82, 2.24) is 20.2 Å². The van der Waals surface area contributed by atoms with Gasteiger partial charge in [-0.3, -0.25) is 10.1 Å². The quantitative estimate of drug-likeness (QED) is 0.767. The molecule has 7 heteroatoms. The number of nitrogens with one attached hydrogen (secondary N) is 1. The van der Waals surface area contributed by atoms with Crippen LogP contribution in [-0.2, 0) is 11.8 Å². The normalized spacial score (nSPS) is 24.6. The Kier molecular flexibility index (Phi) is 3.68. The minimum absolute atomic E-state index is 0.00604. The van der Waals surface area contributed by atoms with Crippen LogP contribution in [0.4, 0.5) is 5.95 Å². The maximum absolute atomic E-state index is 11.9. The van der Waals surface area contributed by atoms with Crippen molar-refractivity contribution >= 4 is 11.9 Å². The van der Waals surface area contributed by atoms with E-state index < -0.39 is 0 Å². The lowest BCUT2D eigenvalue weighted by molar-refractivity contribution is -0.121. The molecule has 0 aromatic carbocycles. The molecule has 2 rings (SSSR count). The molecule has 7 nitrogen and oxygen atoms in total. The minimum Gasteiger partial charge on any atom is -0.330 e. The summed E-state index contributed by atoms with van der Waals surface area (Å²) in [6.07, 6.45) is 3.85. The van der Waals surface area contributed by atoms with Crippen LogP contribution in [0.3, 0.4) is 0 Å². The summed E-state index contributed by atoms with van der Waals surface area (Å²) in [5.41, 5.74) is 5.62. The van der Waals surface area contributed by atoms with Gasteiger partial charge >= 0.3 is 0 Å². The van der Waals surface area contributed by atoms with Crippen molar-refractivity contribution in [1.29, 1.82) is 0 Å². The predicted octanol–water partition coefficient (Wildman–Crippen LogP) is -0.0863. The van der Waals surface area contributed by atoms with Crippen molar-refractivity contribution in [2.75, 3.05) is 11.9 Å². The van der Waals surface area contributed by atoms with E-state index in [4.69, 9.17) is 5.73 Å². The van der Waals surface area contributed by atoms with Crippen LogP contribution in [0.15, 0.2) is 0 Å². The van der Waals surface area contributed by atoms with Gasteiger partial charge in [0.05, 0.1) is 7.05 Å². The van der Waals surface area contributed by atoms with Crippen LogP contribution in [0.5, 0.6) is 0 Å². The monoisotopic (exact) mass is 238 g/mol. The van der Waals surface area contributed by atoms with E-state index in [2.05, 4.69) is 20.7 Å². The predicted molar refractivity (Wildman–Crippen MR) is 61.9 cm³/mol. The first-order valence-electron chi connectivity index (χ1n) is 5.94. The van der Waals surface area contributed by atoms with Gasteiger partial charge in [-0.1, -0.05) is 5.10 Å². The van der Waals surface area contributed by atoms with Crippen LogP contribution in [-0.4, -0.2) is 32.7 Å². The molecule has 1 aliphatic carbocycles. The molecule has 0 radical (unpaired) electrons. The summed E-state index contributed by atoms with van der Waals surface area (Å²) in [6.45, 7) is 0.722. The average molecular weight is 238 g/mol. The highest BCUT2D eigenvalue weighted by atomic mass is 16.2. The van der Waals surface area contributed by atoms with Crippen LogP contribution >= 0.6 is 0 Å². The molecule has 3 N–H and O–H groups in total. The number of hydrogen-bond acceptors (Lipinski definition) is 5. The first-order chi connectivity index (χ1) is 8.19. The fourth-order valence-corrected chi connectivity index (χ4v) is 2.21. The number of amides is 1. The SMILES string of the molecule is Cn1nnc(NC(=O)C2CCC(CN)CC2)n1. The van der Waals surface area contributed by atoms with Gasteiger partial charge in [-0.25, -0.2) is 0 Å². The summed E-state index contributed by atoms with van der Waals surface area (Å²) in [7, 11) is 1.66. The van der Waals surface area contributed by atoms with Crippen LogP contribution in [0, 0.1) is 11.8 Å². The number of hydrogen-bond donors (Lipinski definition) is 2. The summed E-state index contributed by atoms with van der Waals surface area (Å²) in [6, 6.07) is 0. The fourth-order valence-electron chi connectivity index (χ4n) is 2.21. The smallest absolute Gasteiger partial charge is 0.270 e. The maximum atomic E-state index is 11.9. The van der Waals surface area contributed by atoms with Crippen molar-refractivity contribution < 1.29 is 4.79 Å². The van der Waals surface area contributed by atoms with Crippen molar-refractivity contribution in [3.8, 4) is 0 Å². The van der Waals surface area contributed by atoms with Gasteiger partial charge in [0.25, 0.3) is 5.95 Å². The number of rotatable bonds is 3.